The third-order valence-electron chi connectivity index (χ3n) is 8.50. The molecule has 0 amide bonds. The van der Waals surface area contributed by atoms with Crippen molar-refractivity contribution >= 4 is 5.69 Å². The number of rotatable bonds is 8. The molecule has 1 fully saturated rings. The number of hydrogen-bond donors (Lipinski definition) is 5. The molecule has 0 aliphatic carbocycles. The maximum absolute atomic E-state index is 11.2. The number of benzene rings is 3. The van der Waals surface area contributed by atoms with Gasteiger partial charge in [-0.2, -0.15) is 0 Å². The van der Waals surface area contributed by atoms with Gasteiger partial charge in [0.2, 0.25) is 5.79 Å². The van der Waals surface area contributed by atoms with Gasteiger partial charge in [-0.15, -0.1) is 0 Å². The van der Waals surface area contributed by atoms with Crippen molar-refractivity contribution in [3.63, 3.8) is 0 Å². The highest BCUT2D eigenvalue weighted by atomic mass is 16.7. The van der Waals surface area contributed by atoms with Gasteiger partial charge in [-0.1, -0.05) is 68.4 Å². The highest BCUT2D eigenvalue weighted by Crippen LogP contribution is 2.43. The number of aryl methyl sites for hydroxylation is 1. The van der Waals surface area contributed by atoms with Gasteiger partial charge in [0.05, 0.1) is 6.61 Å². The number of aliphatic hydroxyl groups excluding tert-OH is 4. The van der Waals surface area contributed by atoms with Crippen LogP contribution in [0.15, 0.2) is 66.7 Å². The molecule has 214 valence electrons. The second kappa shape index (κ2) is 12.0. The van der Waals surface area contributed by atoms with E-state index in [0.717, 1.165) is 36.9 Å². The Bertz CT molecular complexity index is 1300. The molecule has 40 heavy (non-hydrogen) atoms. The summed E-state index contributed by atoms with van der Waals surface area (Å²) in [5.41, 5.74) is 7.62. The van der Waals surface area contributed by atoms with Gasteiger partial charge >= 0.3 is 0 Å². The van der Waals surface area contributed by atoms with Crippen molar-refractivity contribution in [2.24, 2.45) is 0 Å². The van der Waals surface area contributed by atoms with E-state index in [1.807, 2.05) is 24.3 Å². The van der Waals surface area contributed by atoms with Gasteiger partial charge in [-0.05, 0) is 65.1 Å². The summed E-state index contributed by atoms with van der Waals surface area (Å²) < 4.78 is 11.8. The van der Waals surface area contributed by atoms with Crippen LogP contribution in [0, 0.1) is 0 Å². The second-order valence-corrected chi connectivity index (χ2v) is 11.3. The predicted octanol–water partition coefficient (Wildman–Crippen LogP) is 3.82. The SMILES string of the molecule is CO[C@@]1(c2ccc(C(C)C)c(C(Cc3ccccc3)c3ccc4c(c3)NCCC4)c2)O[C@H](CO)[C@@H](O)[C@H](O)[C@H]1O. The van der Waals surface area contributed by atoms with Gasteiger partial charge in [0.15, 0.2) is 0 Å². The Morgan fingerprint density at radius 1 is 0.975 bits per heavy atom. The minimum atomic E-state index is -1.77. The van der Waals surface area contributed by atoms with Crippen LogP contribution in [-0.2, 0) is 28.1 Å². The van der Waals surface area contributed by atoms with Crippen LogP contribution in [0.3, 0.4) is 0 Å². The molecule has 1 saturated heterocycles. The molecule has 5 N–H and O–H groups in total. The van der Waals surface area contributed by atoms with E-state index in [-0.39, 0.29) is 11.8 Å². The summed E-state index contributed by atoms with van der Waals surface area (Å²) >= 11 is 0. The molecule has 2 aliphatic heterocycles. The van der Waals surface area contributed by atoms with E-state index in [2.05, 4.69) is 61.6 Å². The molecular weight excluding hydrogens is 506 g/mol. The van der Waals surface area contributed by atoms with Crippen LogP contribution in [0.2, 0.25) is 0 Å². The minimum Gasteiger partial charge on any atom is -0.394 e. The average molecular weight is 548 g/mol. The zero-order valence-electron chi connectivity index (χ0n) is 23.5. The molecule has 3 aromatic carbocycles. The lowest BCUT2D eigenvalue weighted by molar-refractivity contribution is -0.366. The van der Waals surface area contributed by atoms with Crippen molar-refractivity contribution < 1.29 is 29.9 Å². The molecule has 6 atom stereocenters. The maximum atomic E-state index is 11.2. The van der Waals surface area contributed by atoms with Gasteiger partial charge in [-0.25, -0.2) is 0 Å². The van der Waals surface area contributed by atoms with Crippen molar-refractivity contribution in [1.82, 2.24) is 0 Å². The molecule has 1 unspecified atom stereocenters. The molecule has 2 heterocycles. The number of methoxy groups -OCH3 is 1. The molecule has 0 aromatic heterocycles. The van der Waals surface area contributed by atoms with Crippen LogP contribution in [-0.4, -0.2) is 65.1 Å². The van der Waals surface area contributed by atoms with E-state index in [1.165, 1.54) is 29.5 Å². The minimum absolute atomic E-state index is 0.0208. The van der Waals surface area contributed by atoms with E-state index >= 15 is 0 Å². The van der Waals surface area contributed by atoms with Gasteiger partial charge in [0.1, 0.15) is 24.4 Å². The van der Waals surface area contributed by atoms with Crippen LogP contribution >= 0.6 is 0 Å². The molecular formula is C33H41NO6. The molecule has 2 aliphatic rings. The quantitative estimate of drug-likeness (QED) is 0.292. The smallest absolute Gasteiger partial charge is 0.224 e. The normalized spacial score (nSPS) is 27.2. The van der Waals surface area contributed by atoms with Crippen LogP contribution in [0.4, 0.5) is 5.69 Å². The molecule has 3 aromatic rings. The molecule has 0 spiro atoms. The topological polar surface area (TPSA) is 111 Å². The van der Waals surface area contributed by atoms with Gasteiger partial charge in [-0.3, -0.25) is 0 Å². The number of anilines is 1. The first kappa shape index (κ1) is 28.7. The van der Waals surface area contributed by atoms with E-state index in [0.29, 0.717) is 5.56 Å². The molecule has 7 heteroatoms. The van der Waals surface area contributed by atoms with Gasteiger partial charge < -0.3 is 35.2 Å². The summed E-state index contributed by atoms with van der Waals surface area (Å²) in [6.07, 6.45) is -2.78. The fraction of sp³-hybridized carbons (Fsp3) is 0.455. The Labute approximate surface area is 236 Å². The zero-order chi connectivity index (χ0) is 28.4. The summed E-state index contributed by atoms with van der Waals surface area (Å²) in [4.78, 5) is 0. The fourth-order valence-electron chi connectivity index (χ4n) is 6.24. The first-order valence-corrected chi connectivity index (χ1v) is 14.2. The first-order chi connectivity index (χ1) is 19.3. The Balaban J connectivity index is 1.67. The number of ether oxygens (including phenoxy) is 2. The van der Waals surface area contributed by atoms with Crippen molar-refractivity contribution in [3.8, 4) is 0 Å². The number of nitrogens with one attached hydrogen (secondary N) is 1. The number of hydrogen-bond acceptors (Lipinski definition) is 7. The van der Waals surface area contributed by atoms with E-state index in [9.17, 15) is 20.4 Å². The van der Waals surface area contributed by atoms with Crippen molar-refractivity contribution in [2.75, 3.05) is 25.6 Å². The average Bonchev–Trinajstić information content (AvgIpc) is 2.99. The Hall–Kier alpha value is -2.78. The second-order valence-electron chi connectivity index (χ2n) is 11.3. The Morgan fingerprint density at radius 3 is 2.45 bits per heavy atom. The van der Waals surface area contributed by atoms with Crippen molar-refractivity contribution in [3.05, 3.63) is 100 Å². The van der Waals surface area contributed by atoms with E-state index in [4.69, 9.17) is 9.47 Å². The van der Waals surface area contributed by atoms with Crippen LogP contribution in [0.1, 0.15) is 65.5 Å². The highest BCUT2D eigenvalue weighted by Gasteiger charge is 2.55. The summed E-state index contributed by atoms with van der Waals surface area (Å²) in [7, 11) is 1.40. The molecule has 7 nitrogen and oxygen atoms in total. The number of aliphatic hydroxyl groups is 4. The summed E-state index contributed by atoms with van der Waals surface area (Å²) in [6, 6.07) is 23.0. The van der Waals surface area contributed by atoms with Crippen LogP contribution < -0.4 is 5.32 Å². The molecule has 5 rings (SSSR count). The van der Waals surface area contributed by atoms with Crippen molar-refractivity contribution in [1.29, 1.82) is 0 Å². The zero-order valence-corrected chi connectivity index (χ0v) is 23.5. The van der Waals surface area contributed by atoms with Crippen molar-refractivity contribution in [2.45, 2.75) is 75.1 Å². The highest BCUT2D eigenvalue weighted by molar-refractivity contribution is 5.57. The number of fused-ring (bicyclic) bond motifs is 1. The molecule has 0 bridgehead atoms. The summed E-state index contributed by atoms with van der Waals surface area (Å²) in [5.74, 6) is -1.58. The fourth-order valence-corrected chi connectivity index (χ4v) is 6.24. The Kier molecular flexibility index (Phi) is 8.61. The summed E-state index contributed by atoms with van der Waals surface area (Å²) in [5, 5.41) is 45.7. The monoisotopic (exact) mass is 547 g/mol. The lowest BCUT2D eigenvalue weighted by Gasteiger charge is -2.47. The molecule has 0 radical (unpaired) electrons. The first-order valence-electron chi connectivity index (χ1n) is 14.2. The third kappa shape index (κ3) is 5.30. The lowest BCUT2D eigenvalue weighted by Crippen LogP contribution is -2.64. The predicted molar refractivity (Wildman–Crippen MR) is 154 cm³/mol. The van der Waals surface area contributed by atoms with Crippen LogP contribution in [0.5, 0.6) is 0 Å². The lowest BCUT2D eigenvalue weighted by atomic mass is 9.78. The van der Waals surface area contributed by atoms with Gasteiger partial charge in [0, 0.05) is 30.8 Å². The summed E-state index contributed by atoms with van der Waals surface area (Å²) in [6.45, 7) is 4.74. The van der Waals surface area contributed by atoms with Crippen LogP contribution in [0.25, 0.3) is 0 Å². The van der Waals surface area contributed by atoms with Gasteiger partial charge in [0.25, 0.3) is 0 Å². The third-order valence-corrected chi connectivity index (χ3v) is 8.50. The standard InChI is InChI=1S/C33H41NO6/c1-20(2)25-14-13-24(33(39-3)32(38)31(37)30(36)29(19-35)40-33)18-27(25)26(16-21-8-5-4-6-9-21)23-12-11-22-10-7-15-34-28(22)17-23/h4-6,8-9,11-14,17-18,20,26,29-32,34-38H,7,10,15-16,19H2,1-3H3/t26?,29-,30-,31+,32-,33+/m1/s1. The molecule has 0 saturated carbocycles. The largest absolute Gasteiger partial charge is 0.394 e. The Morgan fingerprint density at radius 2 is 1.75 bits per heavy atom. The van der Waals surface area contributed by atoms with E-state index < -0.39 is 36.8 Å². The maximum Gasteiger partial charge on any atom is 0.224 e. The van der Waals surface area contributed by atoms with E-state index in [1.54, 1.807) is 0 Å².